The molecule has 0 saturated heterocycles. The second-order valence-corrected chi connectivity index (χ2v) is 8.03. The van der Waals surface area contributed by atoms with Crippen molar-refractivity contribution in [2.24, 2.45) is 13.0 Å². The summed E-state index contributed by atoms with van der Waals surface area (Å²) in [5.41, 5.74) is 2.09. The highest BCUT2D eigenvalue weighted by Gasteiger charge is 2.24. The molecule has 6 heteroatoms. The second-order valence-electron chi connectivity index (χ2n) is 8.03. The molecule has 3 heterocycles. The zero-order chi connectivity index (χ0) is 18.8. The van der Waals surface area contributed by atoms with Gasteiger partial charge in [0, 0.05) is 25.4 Å². The molecule has 1 saturated carbocycles. The lowest BCUT2D eigenvalue weighted by molar-refractivity contribution is 0.529. The molecule has 0 bridgehead atoms. The normalized spacial score (nSPS) is 16.3. The number of pyridine rings is 1. The largest absolute Gasteiger partial charge is 0.362 e. The zero-order valence-corrected chi connectivity index (χ0v) is 16.4. The van der Waals surface area contributed by atoms with Crippen molar-refractivity contribution in [3.05, 3.63) is 42.1 Å². The van der Waals surface area contributed by atoms with Crippen molar-refractivity contribution in [3.63, 3.8) is 0 Å². The van der Waals surface area contributed by atoms with Crippen LogP contribution in [0.1, 0.15) is 69.3 Å². The van der Waals surface area contributed by atoms with Crippen LogP contribution in [0.15, 0.2) is 30.7 Å². The lowest BCUT2D eigenvalue weighted by atomic mass is 9.98. The molecule has 0 aromatic carbocycles. The summed E-state index contributed by atoms with van der Waals surface area (Å²) in [5.74, 6) is 2.88. The summed E-state index contributed by atoms with van der Waals surface area (Å²) < 4.78 is 1.85. The Kier molecular flexibility index (Phi) is 5.05. The predicted octanol–water partition coefficient (Wildman–Crippen LogP) is 4.62. The first-order chi connectivity index (χ1) is 13.1. The number of aromatic nitrogens is 5. The summed E-state index contributed by atoms with van der Waals surface area (Å²) >= 11 is 0. The molecular formula is C21H28N6. The highest BCUT2D eigenvalue weighted by Crippen LogP contribution is 2.35. The lowest BCUT2D eigenvalue weighted by Gasteiger charge is -2.22. The van der Waals surface area contributed by atoms with Gasteiger partial charge in [-0.05, 0) is 36.8 Å². The van der Waals surface area contributed by atoms with E-state index in [4.69, 9.17) is 9.97 Å². The van der Waals surface area contributed by atoms with E-state index in [1.807, 2.05) is 36.4 Å². The van der Waals surface area contributed by atoms with Crippen LogP contribution >= 0.6 is 0 Å². The summed E-state index contributed by atoms with van der Waals surface area (Å²) in [6, 6.07) is 4.29. The molecular weight excluding hydrogens is 336 g/mol. The lowest BCUT2D eigenvalue weighted by Crippen LogP contribution is -2.16. The fourth-order valence-corrected chi connectivity index (χ4v) is 4.01. The second kappa shape index (κ2) is 7.62. The van der Waals surface area contributed by atoms with Gasteiger partial charge in [-0.15, -0.1) is 0 Å². The van der Waals surface area contributed by atoms with E-state index in [2.05, 4.69) is 35.3 Å². The maximum Gasteiger partial charge on any atom is 0.163 e. The Morgan fingerprint density at radius 3 is 2.70 bits per heavy atom. The Hall–Kier alpha value is -2.50. The topological polar surface area (TPSA) is 68.5 Å². The number of nitrogens with zero attached hydrogens (tertiary/aromatic N) is 5. The van der Waals surface area contributed by atoms with E-state index in [9.17, 15) is 0 Å². The van der Waals surface area contributed by atoms with Crippen LogP contribution in [0.3, 0.4) is 0 Å². The van der Waals surface area contributed by atoms with Crippen molar-refractivity contribution in [1.82, 2.24) is 24.7 Å². The molecule has 1 aliphatic carbocycles. The van der Waals surface area contributed by atoms with Crippen molar-refractivity contribution in [2.45, 2.75) is 57.9 Å². The SMILES string of the molecule is CC(C)C[C@H](Nc1nc(C2CCCC2)nc2c1cnn2C)c1cccnc1. The maximum atomic E-state index is 4.97. The average Bonchev–Trinajstić information content (AvgIpc) is 3.32. The van der Waals surface area contributed by atoms with Gasteiger partial charge in [0.05, 0.1) is 17.6 Å². The van der Waals surface area contributed by atoms with Crippen LogP contribution in [0.2, 0.25) is 0 Å². The molecule has 1 N–H and O–H groups in total. The Morgan fingerprint density at radius 2 is 2.00 bits per heavy atom. The molecule has 3 aromatic heterocycles. The van der Waals surface area contributed by atoms with Crippen LogP contribution in [0.4, 0.5) is 5.82 Å². The predicted molar refractivity (Wildman–Crippen MR) is 108 cm³/mol. The monoisotopic (exact) mass is 364 g/mol. The van der Waals surface area contributed by atoms with Gasteiger partial charge >= 0.3 is 0 Å². The highest BCUT2D eigenvalue weighted by molar-refractivity contribution is 5.86. The number of hydrogen-bond acceptors (Lipinski definition) is 5. The van der Waals surface area contributed by atoms with Crippen molar-refractivity contribution >= 4 is 16.9 Å². The quantitative estimate of drug-likeness (QED) is 0.691. The van der Waals surface area contributed by atoms with Gasteiger partial charge in [-0.3, -0.25) is 9.67 Å². The summed E-state index contributed by atoms with van der Waals surface area (Å²) in [5, 5.41) is 9.11. The minimum atomic E-state index is 0.161. The highest BCUT2D eigenvalue weighted by atomic mass is 15.3. The first-order valence-corrected chi connectivity index (χ1v) is 9.98. The van der Waals surface area contributed by atoms with Gasteiger partial charge < -0.3 is 5.32 Å². The molecule has 0 spiro atoms. The number of anilines is 1. The molecule has 1 aliphatic rings. The van der Waals surface area contributed by atoms with E-state index in [1.165, 1.54) is 31.2 Å². The summed E-state index contributed by atoms with van der Waals surface area (Å²) in [6.07, 6.45) is 11.5. The fourth-order valence-electron chi connectivity index (χ4n) is 4.01. The van der Waals surface area contributed by atoms with Gasteiger partial charge in [0.15, 0.2) is 5.65 Å². The smallest absolute Gasteiger partial charge is 0.163 e. The molecule has 142 valence electrons. The van der Waals surface area contributed by atoms with E-state index in [0.29, 0.717) is 11.8 Å². The Balaban J connectivity index is 1.74. The Bertz CT molecular complexity index is 896. The Morgan fingerprint density at radius 1 is 1.19 bits per heavy atom. The van der Waals surface area contributed by atoms with Gasteiger partial charge in [0.1, 0.15) is 11.6 Å². The number of aryl methyl sites for hydroxylation is 1. The van der Waals surface area contributed by atoms with E-state index in [0.717, 1.165) is 29.1 Å². The molecule has 0 aliphatic heterocycles. The third-order valence-electron chi connectivity index (χ3n) is 5.43. The summed E-state index contributed by atoms with van der Waals surface area (Å²) in [7, 11) is 1.95. The third-order valence-corrected chi connectivity index (χ3v) is 5.43. The van der Waals surface area contributed by atoms with Crippen LogP contribution in [0, 0.1) is 5.92 Å². The van der Waals surface area contributed by atoms with Crippen molar-refractivity contribution in [2.75, 3.05) is 5.32 Å². The fraction of sp³-hybridized carbons (Fsp3) is 0.524. The number of fused-ring (bicyclic) bond motifs is 1. The van der Waals surface area contributed by atoms with E-state index >= 15 is 0 Å². The molecule has 1 atom stereocenters. The molecule has 27 heavy (non-hydrogen) atoms. The van der Waals surface area contributed by atoms with E-state index in [1.54, 1.807) is 0 Å². The first-order valence-electron chi connectivity index (χ1n) is 9.98. The van der Waals surface area contributed by atoms with Crippen molar-refractivity contribution in [3.8, 4) is 0 Å². The van der Waals surface area contributed by atoms with Crippen molar-refractivity contribution < 1.29 is 0 Å². The maximum absolute atomic E-state index is 4.97. The molecule has 0 amide bonds. The standard InChI is InChI=1S/C21H28N6/c1-14(2)11-18(16-9-6-10-22-12-16)24-20-17-13-23-27(3)21(17)26-19(25-20)15-7-4-5-8-15/h6,9-10,12-15,18H,4-5,7-8,11H2,1-3H3,(H,24,25,26)/t18-/m0/s1. The summed E-state index contributed by atoms with van der Waals surface area (Å²) in [6.45, 7) is 4.49. The number of nitrogens with one attached hydrogen (secondary N) is 1. The molecule has 3 aromatic rings. The molecule has 1 fully saturated rings. The van der Waals surface area contributed by atoms with Gasteiger partial charge in [-0.1, -0.05) is 32.8 Å². The number of rotatable bonds is 6. The minimum absolute atomic E-state index is 0.161. The molecule has 0 radical (unpaired) electrons. The van der Waals surface area contributed by atoms with Crippen LogP contribution in [0.25, 0.3) is 11.0 Å². The third kappa shape index (κ3) is 3.80. The van der Waals surface area contributed by atoms with Gasteiger partial charge in [0.2, 0.25) is 0 Å². The van der Waals surface area contributed by atoms with Gasteiger partial charge in [0.25, 0.3) is 0 Å². The van der Waals surface area contributed by atoms with Gasteiger partial charge in [-0.25, -0.2) is 9.97 Å². The van der Waals surface area contributed by atoms with Crippen LogP contribution in [-0.2, 0) is 7.05 Å². The summed E-state index contributed by atoms with van der Waals surface area (Å²) in [4.78, 5) is 14.1. The minimum Gasteiger partial charge on any atom is -0.362 e. The average molecular weight is 364 g/mol. The Labute approximate surface area is 160 Å². The van der Waals surface area contributed by atoms with Crippen LogP contribution in [0.5, 0.6) is 0 Å². The van der Waals surface area contributed by atoms with Crippen LogP contribution < -0.4 is 5.32 Å². The van der Waals surface area contributed by atoms with Crippen molar-refractivity contribution in [1.29, 1.82) is 0 Å². The van der Waals surface area contributed by atoms with Crippen LogP contribution in [-0.4, -0.2) is 24.7 Å². The molecule has 4 rings (SSSR count). The van der Waals surface area contributed by atoms with E-state index in [-0.39, 0.29) is 6.04 Å². The first kappa shape index (κ1) is 17.9. The molecule has 6 nitrogen and oxygen atoms in total. The number of hydrogen-bond donors (Lipinski definition) is 1. The van der Waals surface area contributed by atoms with Gasteiger partial charge in [-0.2, -0.15) is 5.10 Å². The van der Waals surface area contributed by atoms with E-state index < -0.39 is 0 Å². The zero-order valence-electron chi connectivity index (χ0n) is 16.4. The molecule has 0 unspecified atom stereocenters.